The molecule has 1 aliphatic rings. The Balaban J connectivity index is 0.822. The van der Waals surface area contributed by atoms with E-state index >= 15 is 0 Å². The fourth-order valence-corrected chi connectivity index (χ4v) is 15.7. The van der Waals surface area contributed by atoms with E-state index in [2.05, 4.69) is 350 Å². The Morgan fingerprint density at radius 1 is 0.300 bits per heavy atom. The van der Waals surface area contributed by atoms with Gasteiger partial charge in [-0.1, -0.05) is 314 Å². The lowest BCUT2D eigenvalue weighted by Crippen LogP contribution is -2.26. The molecule has 0 unspecified atom stereocenters. The van der Waals surface area contributed by atoms with E-state index in [0.29, 0.717) is 52.1 Å². The molecule has 8 heteroatoms. The van der Waals surface area contributed by atoms with Gasteiger partial charge in [0.1, 0.15) is 34.5 Å². The summed E-state index contributed by atoms with van der Waals surface area (Å²) in [6, 6.07) is 86.5. The maximum Gasteiger partial charge on any atom is 0.126 e. The van der Waals surface area contributed by atoms with Crippen LogP contribution in [0.15, 0.2) is 243 Å². The highest BCUT2D eigenvalue weighted by molar-refractivity contribution is 5.90. The molecule has 0 fully saturated rings. The molecule has 0 spiro atoms. The van der Waals surface area contributed by atoms with E-state index in [4.69, 9.17) is 18.9 Å². The standard InChI is InChI=1S/C102H114N2O6/c1-67(69-35-19-15-20-36-69)103-93(73-41-23-17-24-42-73)91-87-45-29-27-39-71(87)47-49-89(91)107-51-31-33-53-109-97-79-55-75-59-83(99(3,4)5)61-77(95(75)105)57-81-65-86(102(12,13)14)66-82(58-78-62-84(100(6,7)8)60-76(96(78)106)56-80(97)64-85(63-79)101(9,10)11)98(81)110-54-34-32-52-108-90-50-48-72-40-28-30-46-88(72)92(90)94(74-43-25-18-26-44-74)104-68(2)70-37-21-16-22-38-70/h15-30,35-50,59-68,93-94,103-106H,31-34,51-58H2,1-14H3/t67-,68-,93-,94-/m1/s1. The minimum atomic E-state index is -0.261. The molecule has 8 bridgehead atoms. The number of aromatic hydroxyl groups is 2. The monoisotopic (exact) mass is 1460 g/mol. The quantitative estimate of drug-likeness (QED) is 0.0444. The van der Waals surface area contributed by atoms with Crippen LogP contribution in [0.3, 0.4) is 0 Å². The van der Waals surface area contributed by atoms with Gasteiger partial charge in [-0.2, -0.15) is 0 Å². The number of phenols is 2. The molecule has 0 radical (unpaired) electrons. The van der Waals surface area contributed by atoms with E-state index in [9.17, 15) is 10.2 Å². The zero-order chi connectivity index (χ0) is 77.5. The van der Waals surface area contributed by atoms with Gasteiger partial charge in [-0.15, -0.1) is 0 Å². The Kier molecular flexibility index (Phi) is 23.8. The highest BCUT2D eigenvalue weighted by atomic mass is 16.5. The van der Waals surface area contributed by atoms with Gasteiger partial charge in [0.05, 0.1) is 38.5 Å². The van der Waals surface area contributed by atoms with Crippen molar-refractivity contribution in [3.63, 3.8) is 0 Å². The summed E-state index contributed by atoms with van der Waals surface area (Å²) < 4.78 is 28.6. The third kappa shape index (κ3) is 18.3. The Labute approximate surface area is 655 Å². The highest BCUT2D eigenvalue weighted by Crippen LogP contribution is 2.46. The average molecular weight is 1460 g/mol. The molecule has 12 aromatic carbocycles. The number of hydrogen-bond acceptors (Lipinski definition) is 8. The van der Waals surface area contributed by atoms with E-state index < -0.39 is 0 Å². The molecule has 0 saturated heterocycles. The number of hydrogen-bond donors (Lipinski definition) is 4. The number of phenolic OH excluding ortho intramolecular Hbond substituents is 2. The van der Waals surface area contributed by atoms with Crippen LogP contribution in [0.2, 0.25) is 0 Å². The van der Waals surface area contributed by atoms with Gasteiger partial charge >= 0.3 is 0 Å². The molecule has 1 aliphatic carbocycles. The Bertz CT molecular complexity index is 4720. The van der Waals surface area contributed by atoms with Crippen LogP contribution in [-0.4, -0.2) is 36.6 Å². The Morgan fingerprint density at radius 2 is 0.555 bits per heavy atom. The van der Waals surface area contributed by atoms with E-state index in [0.717, 1.165) is 148 Å². The Morgan fingerprint density at radius 3 is 0.845 bits per heavy atom. The van der Waals surface area contributed by atoms with Gasteiger partial charge < -0.3 is 29.2 Å². The minimum Gasteiger partial charge on any atom is -0.507 e. The second-order valence-corrected chi connectivity index (χ2v) is 34.7. The van der Waals surface area contributed by atoms with Crippen molar-refractivity contribution in [1.82, 2.24) is 10.6 Å². The van der Waals surface area contributed by atoms with Crippen LogP contribution in [0.4, 0.5) is 0 Å². The first-order valence-electron chi connectivity index (χ1n) is 40.0. The first-order chi connectivity index (χ1) is 52.7. The maximum absolute atomic E-state index is 13.2. The largest absolute Gasteiger partial charge is 0.507 e. The second kappa shape index (κ2) is 33.6. The zero-order valence-corrected chi connectivity index (χ0v) is 67.4. The van der Waals surface area contributed by atoms with Gasteiger partial charge in [0.15, 0.2) is 0 Å². The normalized spacial score (nSPS) is 13.9. The summed E-state index contributed by atoms with van der Waals surface area (Å²) in [6.45, 7) is 33.4. The molecule has 0 aliphatic heterocycles. The van der Waals surface area contributed by atoms with Crippen LogP contribution in [0.1, 0.15) is 247 Å². The molecule has 4 N–H and O–H groups in total. The Hall–Kier alpha value is -10.1. The third-order valence-electron chi connectivity index (χ3n) is 22.2. The average Bonchev–Trinajstić information content (AvgIpc) is 0.788. The van der Waals surface area contributed by atoms with Crippen LogP contribution < -0.4 is 29.6 Å². The minimum absolute atomic E-state index is 0.0550. The molecule has 13 rings (SSSR count). The summed E-state index contributed by atoms with van der Waals surface area (Å²) in [5.41, 5.74) is 17.9. The molecule has 0 amide bonds. The van der Waals surface area contributed by atoms with Crippen LogP contribution >= 0.6 is 0 Å². The predicted molar refractivity (Wildman–Crippen MR) is 456 cm³/mol. The summed E-state index contributed by atoms with van der Waals surface area (Å²) >= 11 is 0. The molecule has 12 aromatic rings. The van der Waals surface area contributed by atoms with Gasteiger partial charge in [-0.3, -0.25) is 10.6 Å². The first kappa shape index (κ1) is 78.0. The van der Waals surface area contributed by atoms with Gasteiger partial charge in [0, 0.05) is 48.9 Å². The fourth-order valence-electron chi connectivity index (χ4n) is 15.7. The van der Waals surface area contributed by atoms with Gasteiger partial charge in [-0.25, -0.2) is 0 Å². The summed E-state index contributed by atoms with van der Waals surface area (Å²) in [5.74, 6) is 3.84. The molecule has 4 atom stereocenters. The second-order valence-electron chi connectivity index (χ2n) is 34.7. The van der Waals surface area contributed by atoms with Crippen molar-refractivity contribution in [2.24, 2.45) is 0 Å². The molecular weight excluding hydrogens is 1350 g/mol. The molecule has 568 valence electrons. The van der Waals surface area contributed by atoms with Crippen molar-refractivity contribution in [2.45, 2.75) is 194 Å². The van der Waals surface area contributed by atoms with Crippen LogP contribution in [0.5, 0.6) is 34.5 Å². The number of unbranched alkanes of at least 4 members (excludes halogenated alkanes) is 2. The van der Waals surface area contributed by atoms with Crippen LogP contribution in [0.25, 0.3) is 21.5 Å². The van der Waals surface area contributed by atoms with E-state index in [1.807, 2.05) is 0 Å². The van der Waals surface area contributed by atoms with Crippen molar-refractivity contribution in [2.75, 3.05) is 26.4 Å². The molecule has 0 heterocycles. The number of benzene rings is 12. The topological polar surface area (TPSA) is 101 Å². The molecular formula is C102H114N2O6. The lowest BCUT2D eigenvalue weighted by Gasteiger charge is -2.28. The van der Waals surface area contributed by atoms with Crippen molar-refractivity contribution >= 4 is 21.5 Å². The zero-order valence-electron chi connectivity index (χ0n) is 67.4. The molecule has 0 saturated carbocycles. The van der Waals surface area contributed by atoms with E-state index in [-0.39, 0.29) is 57.3 Å². The number of nitrogens with one attached hydrogen (secondary N) is 2. The van der Waals surface area contributed by atoms with Crippen molar-refractivity contribution in [3.05, 3.63) is 343 Å². The maximum atomic E-state index is 13.2. The fraction of sp³-hybridized carbons (Fsp3) is 0.333. The van der Waals surface area contributed by atoms with Crippen molar-refractivity contribution < 1.29 is 29.2 Å². The van der Waals surface area contributed by atoms with Crippen molar-refractivity contribution in [3.8, 4) is 34.5 Å². The molecule has 8 nitrogen and oxygen atoms in total. The summed E-state index contributed by atoms with van der Waals surface area (Å²) in [6.07, 6.45) is 4.58. The third-order valence-corrected chi connectivity index (χ3v) is 22.2. The number of rotatable bonds is 24. The first-order valence-corrected chi connectivity index (χ1v) is 40.0. The van der Waals surface area contributed by atoms with Gasteiger partial charge in [-0.05, 0) is 184 Å². The number of fused-ring (bicyclic) bond motifs is 10. The van der Waals surface area contributed by atoms with Gasteiger partial charge in [0.25, 0.3) is 0 Å². The predicted octanol–water partition coefficient (Wildman–Crippen LogP) is 24.6. The van der Waals surface area contributed by atoms with Crippen LogP contribution in [0, 0.1) is 0 Å². The molecule has 0 aromatic heterocycles. The highest BCUT2D eigenvalue weighted by Gasteiger charge is 2.31. The van der Waals surface area contributed by atoms with E-state index in [1.165, 1.54) is 22.3 Å². The summed E-state index contributed by atoms with van der Waals surface area (Å²) in [4.78, 5) is 0. The van der Waals surface area contributed by atoms with Crippen molar-refractivity contribution in [1.29, 1.82) is 0 Å². The lowest BCUT2D eigenvalue weighted by atomic mass is 9.79. The van der Waals surface area contributed by atoms with Gasteiger partial charge in [0.2, 0.25) is 0 Å². The smallest absolute Gasteiger partial charge is 0.126 e. The SMILES string of the molecule is C[C@@H](N[C@H](c1ccccc1)c1c(OCCCCOc2c3cc(C(C)(C)C)cc2Cc2cc(C(C)(C)C)cc(c2O)Cc2cc(C(C)(C)C)cc(c2OCCCCOc2ccc4ccccc4c2[C@H](N[C@H](C)c2ccccc2)c2ccccc2)Cc2cc(C(C)(C)C)cc(c2O)C3)ccc2ccccc12)c1ccccc1. The molecule has 110 heavy (non-hydrogen) atoms. The number of ether oxygens (including phenoxy) is 4. The lowest BCUT2D eigenvalue weighted by molar-refractivity contribution is 0.262. The van der Waals surface area contributed by atoms with E-state index in [1.54, 1.807) is 0 Å². The van der Waals surface area contributed by atoms with Crippen LogP contribution in [-0.2, 0) is 47.3 Å². The summed E-state index contributed by atoms with van der Waals surface area (Å²) in [7, 11) is 0. The summed E-state index contributed by atoms with van der Waals surface area (Å²) in [5, 5.41) is 39.1.